The third-order valence-electron chi connectivity index (χ3n) is 7.33. The molecule has 11 heteroatoms. The van der Waals surface area contributed by atoms with Crippen LogP contribution in [0, 0.1) is 0 Å². The first-order chi connectivity index (χ1) is 20.2. The highest BCUT2D eigenvalue weighted by atomic mass is 15.3. The molecule has 14 bridgehead atoms. The van der Waals surface area contributed by atoms with Crippen molar-refractivity contribution >= 4 is 0 Å². The lowest BCUT2D eigenvalue weighted by molar-refractivity contribution is 0.236. The van der Waals surface area contributed by atoms with Crippen molar-refractivity contribution in [1.29, 1.82) is 0 Å². The summed E-state index contributed by atoms with van der Waals surface area (Å²) in [5.74, 6) is 2.38. The molecule has 0 spiro atoms. The third kappa shape index (κ3) is 4.92. The summed E-state index contributed by atoms with van der Waals surface area (Å²) in [6.45, 7) is 3.73. The Hall–Kier alpha value is -5.00. The zero-order valence-corrected chi connectivity index (χ0v) is 22.3. The van der Waals surface area contributed by atoms with Gasteiger partial charge in [-0.15, -0.1) is 0 Å². The molecule has 0 atom stereocenters. The van der Waals surface area contributed by atoms with Crippen molar-refractivity contribution < 1.29 is 0 Å². The maximum Gasteiger partial charge on any atom is 0.153 e. The standard InChI is InChI=1S/C30H27N11/c1-4-22-16-37-17-23-5-2-8-29(32-23)40-14-11-26(35-40)20-38(19-25-10-13-39(34-25)28(7-1)31-22)21-27-12-15-41(36-27)30-9-3-6-24(18-37)33-30/h1-15H,16-21H2. The highest BCUT2D eigenvalue weighted by molar-refractivity contribution is 5.28. The first-order valence-corrected chi connectivity index (χ1v) is 13.7. The Labute approximate surface area is 236 Å². The SMILES string of the molecule is c1cc2nc(c1)-n1ccc(n1)CN1Cc3ccn(n3)-c3cccc(n3)CN(C2)Cc2cccc(n2)-n2ccc(n2)C1. The molecule has 0 unspecified atom stereocenters. The van der Waals surface area contributed by atoms with Crippen molar-refractivity contribution in [1.82, 2.24) is 54.1 Å². The molecule has 0 saturated carbocycles. The van der Waals surface area contributed by atoms with Crippen LogP contribution >= 0.6 is 0 Å². The van der Waals surface area contributed by atoms with Crippen LogP contribution in [0.4, 0.5) is 0 Å². The fourth-order valence-electron chi connectivity index (χ4n) is 5.48. The van der Waals surface area contributed by atoms with E-state index < -0.39 is 0 Å². The number of hydrogen-bond donors (Lipinski definition) is 0. The van der Waals surface area contributed by atoms with E-state index in [4.69, 9.17) is 30.2 Å². The van der Waals surface area contributed by atoms with Gasteiger partial charge < -0.3 is 0 Å². The minimum absolute atomic E-state index is 0.616. The number of aromatic nitrogens is 9. The van der Waals surface area contributed by atoms with E-state index in [0.717, 1.165) is 51.6 Å². The molecule has 11 nitrogen and oxygen atoms in total. The summed E-state index contributed by atoms with van der Waals surface area (Å²) >= 11 is 0. The molecule has 9 heterocycles. The lowest BCUT2D eigenvalue weighted by atomic mass is 10.2. The Morgan fingerprint density at radius 2 is 0.683 bits per heavy atom. The second-order valence-corrected chi connectivity index (χ2v) is 10.5. The Morgan fingerprint density at radius 3 is 1.02 bits per heavy atom. The second-order valence-electron chi connectivity index (χ2n) is 10.5. The van der Waals surface area contributed by atoms with Crippen LogP contribution < -0.4 is 0 Å². The van der Waals surface area contributed by atoms with Crippen LogP contribution in [0.3, 0.4) is 0 Å². The fourth-order valence-corrected chi connectivity index (χ4v) is 5.48. The highest BCUT2D eigenvalue weighted by Crippen LogP contribution is 2.19. The van der Waals surface area contributed by atoms with Gasteiger partial charge in [0, 0.05) is 57.9 Å². The molecule has 0 fully saturated rings. The molecule has 6 aromatic heterocycles. The van der Waals surface area contributed by atoms with E-state index in [1.807, 2.05) is 69.0 Å². The quantitative estimate of drug-likeness (QED) is 0.288. The summed E-state index contributed by atoms with van der Waals surface area (Å²) in [4.78, 5) is 19.6. The zero-order valence-electron chi connectivity index (χ0n) is 22.3. The molecule has 0 amide bonds. The predicted octanol–water partition coefficient (Wildman–Crippen LogP) is 3.46. The smallest absolute Gasteiger partial charge is 0.153 e. The Balaban J connectivity index is 1.31. The van der Waals surface area contributed by atoms with Gasteiger partial charge in [-0.3, -0.25) is 9.80 Å². The van der Waals surface area contributed by atoms with Crippen LogP contribution in [0.2, 0.25) is 0 Å². The molecule has 0 aliphatic carbocycles. The fraction of sp³-hybridized carbons (Fsp3) is 0.200. The molecule has 202 valence electrons. The van der Waals surface area contributed by atoms with Gasteiger partial charge >= 0.3 is 0 Å². The topological polar surface area (TPSA) is 98.6 Å². The predicted molar refractivity (Wildman–Crippen MR) is 150 cm³/mol. The minimum Gasteiger partial charge on any atom is -0.286 e. The first-order valence-electron chi connectivity index (χ1n) is 13.7. The van der Waals surface area contributed by atoms with Crippen LogP contribution in [-0.2, 0) is 39.3 Å². The van der Waals surface area contributed by atoms with Gasteiger partial charge in [0.15, 0.2) is 17.5 Å². The van der Waals surface area contributed by atoms with Crippen LogP contribution in [0.25, 0.3) is 17.5 Å². The van der Waals surface area contributed by atoms with Crippen molar-refractivity contribution in [3.63, 3.8) is 0 Å². The van der Waals surface area contributed by atoms with Gasteiger partial charge in [-0.05, 0) is 54.6 Å². The minimum atomic E-state index is 0.616. The zero-order chi connectivity index (χ0) is 27.2. The summed E-state index contributed by atoms with van der Waals surface area (Å²) in [5.41, 5.74) is 5.69. The van der Waals surface area contributed by atoms with Gasteiger partial charge in [0.25, 0.3) is 0 Å². The molecule has 0 saturated heterocycles. The van der Waals surface area contributed by atoms with Crippen molar-refractivity contribution in [3.05, 3.63) is 126 Å². The number of rotatable bonds is 0. The van der Waals surface area contributed by atoms with E-state index in [0.29, 0.717) is 39.3 Å². The highest BCUT2D eigenvalue weighted by Gasteiger charge is 2.18. The lowest BCUT2D eigenvalue weighted by Gasteiger charge is -2.22. The van der Waals surface area contributed by atoms with Gasteiger partial charge in [-0.1, -0.05) is 18.2 Å². The van der Waals surface area contributed by atoms with Crippen LogP contribution in [0.1, 0.15) is 34.2 Å². The van der Waals surface area contributed by atoms with Crippen molar-refractivity contribution in [2.75, 3.05) is 0 Å². The largest absolute Gasteiger partial charge is 0.286 e. The van der Waals surface area contributed by atoms with Crippen molar-refractivity contribution in [2.24, 2.45) is 0 Å². The molecule has 3 aliphatic rings. The van der Waals surface area contributed by atoms with E-state index >= 15 is 0 Å². The number of pyridine rings is 3. The summed E-state index contributed by atoms with van der Waals surface area (Å²) in [5, 5.41) is 14.7. The van der Waals surface area contributed by atoms with E-state index in [9.17, 15) is 0 Å². The van der Waals surface area contributed by atoms with Crippen molar-refractivity contribution in [3.8, 4) is 17.5 Å². The maximum absolute atomic E-state index is 4.99. The van der Waals surface area contributed by atoms with Crippen LogP contribution in [0.15, 0.2) is 91.4 Å². The van der Waals surface area contributed by atoms with Crippen molar-refractivity contribution in [2.45, 2.75) is 39.3 Å². The van der Waals surface area contributed by atoms with Gasteiger partial charge in [0.1, 0.15) is 0 Å². The second kappa shape index (κ2) is 9.88. The molecule has 3 aliphatic heterocycles. The molecule has 0 N–H and O–H groups in total. The molecule has 6 aromatic rings. The summed E-state index contributed by atoms with van der Waals surface area (Å²) in [7, 11) is 0. The molecule has 41 heavy (non-hydrogen) atoms. The van der Waals surface area contributed by atoms with Gasteiger partial charge in [0.2, 0.25) is 0 Å². The van der Waals surface area contributed by atoms with Crippen LogP contribution in [0.5, 0.6) is 0 Å². The molecule has 0 aromatic carbocycles. The lowest BCUT2D eigenvalue weighted by Crippen LogP contribution is -2.25. The first kappa shape index (κ1) is 23.9. The van der Waals surface area contributed by atoms with E-state index in [1.165, 1.54) is 0 Å². The Morgan fingerprint density at radius 1 is 0.366 bits per heavy atom. The average Bonchev–Trinajstić information content (AvgIpc) is 3.75. The van der Waals surface area contributed by atoms with Gasteiger partial charge in [0.05, 0.1) is 34.2 Å². The third-order valence-corrected chi connectivity index (χ3v) is 7.33. The number of hydrogen-bond acceptors (Lipinski definition) is 8. The number of nitrogens with zero attached hydrogens (tertiary/aromatic N) is 11. The van der Waals surface area contributed by atoms with E-state index in [1.54, 1.807) is 0 Å². The average molecular weight is 542 g/mol. The Kier molecular flexibility index (Phi) is 5.75. The maximum atomic E-state index is 4.99. The van der Waals surface area contributed by atoms with Gasteiger partial charge in [-0.25, -0.2) is 29.0 Å². The van der Waals surface area contributed by atoms with Gasteiger partial charge in [-0.2, -0.15) is 15.3 Å². The molecular weight excluding hydrogens is 514 g/mol. The molecular formula is C30H27N11. The molecule has 0 radical (unpaired) electrons. The van der Waals surface area contributed by atoms with E-state index in [-0.39, 0.29) is 0 Å². The summed E-state index contributed by atoms with van der Waals surface area (Å²) < 4.78 is 5.56. The Bertz CT molecular complexity index is 1630. The summed E-state index contributed by atoms with van der Waals surface area (Å²) in [6.07, 6.45) is 5.94. The monoisotopic (exact) mass is 541 g/mol. The summed E-state index contributed by atoms with van der Waals surface area (Å²) in [6, 6.07) is 24.4. The van der Waals surface area contributed by atoms with E-state index in [2.05, 4.69) is 46.2 Å². The normalized spacial score (nSPS) is 18.1. The van der Waals surface area contributed by atoms with Crippen LogP contribution in [-0.4, -0.2) is 54.1 Å². The molecule has 9 rings (SSSR count).